The van der Waals surface area contributed by atoms with Crippen molar-refractivity contribution in [1.29, 1.82) is 5.26 Å². The van der Waals surface area contributed by atoms with Crippen LogP contribution in [0, 0.1) is 23.7 Å². The zero-order chi connectivity index (χ0) is 10.7. The summed E-state index contributed by atoms with van der Waals surface area (Å²) >= 11 is 1.64. The highest BCUT2D eigenvalue weighted by Crippen LogP contribution is 2.32. The maximum atomic E-state index is 9.26. The molecule has 1 fully saturated rings. The molecule has 0 N–H and O–H groups in total. The van der Waals surface area contributed by atoms with Gasteiger partial charge < -0.3 is 4.74 Å². The van der Waals surface area contributed by atoms with Crippen LogP contribution >= 0.6 is 11.3 Å². The molecule has 0 amide bonds. The van der Waals surface area contributed by atoms with E-state index in [-0.39, 0.29) is 5.41 Å². The Morgan fingerprint density at radius 1 is 1.73 bits per heavy atom. The smallest absolute Gasteiger partial charge is 0.0944 e. The second-order valence-electron chi connectivity index (χ2n) is 4.11. The number of thiazole rings is 1. The molecule has 0 saturated carbocycles. The first-order valence-corrected chi connectivity index (χ1v) is 6.02. The minimum atomic E-state index is -0.331. The first-order chi connectivity index (χ1) is 7.24. The van der Waals surface area contributed by atoms with Gasteiger partial charge in [0.1, 0.15) is 0 Å². The van der Waals surface area contributed by atoms with Gasteiger partial charge in [-0.15, -0.1) is 11.3 Å². The van der Waals surface area contributed by atoms with Crippen molar-refractivity contribution in [2.75, 3.05) is 13.2 Å². The number of nitriles is 1. The van der Waals surface area contributed by atoms with Gasteiger partial charge in [-0.25, -0.2) is 4.98 Å². The summed E-state index contributed by atoms with van der Waals surface area (Å²) in [5.41, 5.74) is 0.711. The maximum absolute atomic E-state index is 9.26. The van der Waals surface area contributed by atoms with Crippen LogP contribution in [0.2, 0.25) is 0 Å². The molecular weight excluding hydrogens is 208 g/mol. The molecule has 4 heteroatoms. The fraction of sp³-hybridized carbons (Fsp3) is 0.636. The molecule has 0 aromatic carbocycles. The van der Waals surface area contributed by atoms with E-state index in [4.69, 9.17) is 4.74 Å². The van der Waals surface area contributed by atoms with E-state index in [9.17, 15) is 5.26 Å². The molecule has 2 heterocycles. The minimum absolute atomic E-state index is 0.331. The van der Waals surface area contributed by atoms with Gasteiger partial charge in [0, 0.05) is 24.1 Å². The van der Waals surface area contributed by atoms with Crippen molar-refractivity contribution in [3.63, 3.8) is 0 Å². The van der Waals surface area contributed by atoms with Crippen molar-refractivity contribution in [1.82, 2.24) is 4.98 Å². The second-order valence-corrected chi connectivity index (χ2v) is 5.05. The highest BCUT2D eigenvalue weighted by atomic mass is 32.1. The van der Waals surface area contributed by atoms with Gasteiger partial charge in [0.2, 0.25) is 0 Å². The number of hydrogen-bond donors (Lipinski definition) is 0. The van der Waals surface area contributed by atoms with Crippen LogP contribution in [0.1, 0.15) is 23.5 Å². The lowest BCUT2D eigenvalue weighted by Gasteiger charge is -2.29. The summed E-state index contributed by atoms with van der Waals surface area (Å²) < 4.78 is 5.41. The highest BCUT2D eigenvalue weighted by Gasteiger charge is 2.34. The zero-order valence-corrected chi connectivity index (χ0v) is 9.64. The van der Waals surface area contributed by atoms with Crippen LogP contribution in [0.25, 0.3) is 0 Å². The standard InChI is InChI=1S/C11H14N2OS/c1-9-6-15-10(13-9)5-11(7-12)3-2-4-14-8-11/h6H,2-5,8H2,1H3. The SMILES string of the molecule is Cc1csc(CC2(C#N)CCCOC2)n1. The lowest BCUT2D eigenvalue weighted by molar-refractivity contribution is 0.0223. The van der Waals surface area contributed by atoms with Gasteiger partial charge >= 0.3 is 0 Å². The molecule has 3 nitrogen and oxygen atoms in total. The third-order valence-corrected chi connectivity index (χ3v) is 3.68. The Labute approximate surface area is 93.7 Å². The summed E-state index contributed by atoms with van der Waals surface area (Å²) in [6, 6.07) is 2.42. The van der Waals surface area contributed by atoms with E-state index in [1.54, 1.807) is 11.3 Å². The Morgan fingerprint density at radius 3 is 3.13 bits per heavy atom. The number of hydrogen-bond acceptors (Lipinski definition) is 4. The van der Waals surface area contributed by atoms with E-state index >= 15 is 0 Å². The lowest BCUT2D eigenvalue weighted by atomic mass is 9.81. The van der Waals surface area contributed by atoms with Crippen molar-refractivity contribution in [3.8, 4) is 6.07 Å². The van der Waals surface area contributed by atoms with Crippen LogP contribution in [0.5, 0.6) is 0 Å². The third-order valence-electron chi connectivity index (χ3n) is 2.72. The Morgan fingerprint density at radius 2 is 2.60 bits per heavy atom. The normalized spacial score (nSPS) is 26.1. The Bertz CT molecular complexity index is 374. The first kappa shape index (κ1) is 10.6. The monoisotopic (exact) mass is 222 g/mol. The van der Waals surface area contributed by atoms with E-state index in [0.29, 0.717) is 6.61 Å². The Kier molecular flexibility index (Phi) is 3.03. The molecule has 80 valence electrons. The molecule has 1 unspecified atom stereocenters. The predicted octanol–water partition coefficient (Wildman–Crippen LogP) is 2.31. The molecule has 1 aliphatic rings. The Balaban J connectivity index is 2.11. The summed E-state index contributed by atoms with van der Waals surface area (Å²) in [6.07, 6.45) is 2.65. The van der Waals surface area contributed by atoms with Gasteiger partial charge in [-0.2, -0.15) is 5.26 Å². The van der Waals surface area contributed by atoms with Gasteiger partial charge in [-0.05, 0) is 19.8 Å². The van der Waals surface area contributed by atoms with Gasteiger partial charge in [-0.1, -0.05) is 0 Å². The molecule has 0 aliphatic carbocycles. The fourth-order valence-corrected chi connectivity index (χ4v) is 2.81. The second kappa shape index (κ2) is 4.30. The number of ether oxygens (including phenoxy) is 1. The van der Waals surface area contributed by atoms with Gasteiger partial charge in [-0.3, -0.25) is 0 Å². The van der Waals surface area contributed by atoms with Crippen LogP contribution in [-0.4, -0.2) is 18.2 Å². The molecule has 1 aromatic heterocycles. The summed E-state index contributed by atoms with van der Waals surface area (Å²) in [4.78, 5) is 4.41. The summed E-state index contributed by atoms with van der Waals surface area (Å²) in [6.45, 7) is 3.33. The third kappa shape index (κ3) is 2.36. The highest BCUT2D eigenvalue weighted by molar-refractivity contribution is 7.09. The predicted molar refractivity (Wildman–Crippen MR) is 58.7 cm³/mol. The molecule has 0 spiro atoms. The molecule has 1 atom stereocenters. The molecule has 15 heavy (non-hydrogen) atoms. The molecular formula is C11H14N2OS. The Hall–Kier alpha value is -0.920. The first-order valence-electron chi connectivity index (χ1n) is 5.14. The minimum Gasteiger partial charge on any atom is -0.380 e. The summed E-state index contributed by atoms with van der Waals surface area (Å²) in [7, 11) is 0. The largest absolute Gasteiger partial charge is 0.380 e. The van der Waals surface area contributed by atoms with Crippen LogP contribution in [0.4, 0.5) is 0 Å². The molecule has 2 rings (SSSR count). The molecule has 0 radical (unpaired) electrons. The van der Waals surface area contributed by atoms with Gasteiger partial charge in [0.05, 0.1) is 23.1 Å². The van der Waals surface area contributed by atoms with Crippen LogP contribution in [0.3, 0.4) is 0 Å². The van der Waals surface area contributed by atoms with Crippen molar-refractivity contribution >= 4 is 11.3 Å². The van der Waals surface area contributed by atoms with E-state index in [2.05, 4.69) is 11.1 Å². The van der Waals surface area contributed by atoms with Gasteiger partial charge in [0.25, 0.3) is 0 Å². The van der Waals surface area contributed by atoms with Gasteiger partial charge in [0.15, 0.2) is 0 Å². The van der Waals surface area contributed by atoms with Crippen molar-refractivity contribution < 1.29 is 4.74 Å². The summed E-state index contributed by atoms with van der Waals surface area (Å²) in [5.74, 6) is 0. The van der Waals surface area contributed by atoms with Crippen LogP contribution in [-0.2, 0) is 11.2 Å². The maximum Gasteiger partial charge on any atom is 0.0944 e. The van der Waals surface area contributed by atoms with Crippen molar-refractivity contribution in [3.05, 3.63) is 16.1 Å². The molecule has 0 bridgehead atoms. The van der Waals surface area contributed by atoms with E-state index in [0.717, 1.165) is 36.6 Å². The fourth-order valence-electron chi connectivity index (χ4n) is 1.89. The summed E-state index contributed by atoms with van der Waals surface area (Å²) in [5, 5.41) is 12.3. The topological polar surface area (TPSA) is 45.9 Å². The average molecular weight is 222 g/mol. The van der Waals surface area contributed by atoms with E-state index in [1.807, 2.05) is 12.3 Å². The zero-order valence-electron chi connectivity index (χ0n) is 8.82. The number of aromatic nitrogens is 1. The molecule has 1 saturated heterocycles. The van der Waals surface area contributed by atoms with E-state index < -0.39 is 0 Å². The van der Waals surface area contributed by atoms with Crippen LogP contribution < -0.4 is 0 Å². The van der Waals surface area contributed by atoms with Crippen LogP contribution in [0.15, 0.2) is 5.38 Å². The number of rotatable bonds is 2. The van der Waals surface area contributed by atoms with E-state index in [1.165, 1.54) is 0 Å². The average Bonchev–Trinajstić information content (AvgIpc) is 2.65. The number of nitrogens with zero attached hydrogens (tertiary/aromatic N) is 2. The molecule has 1 aromatic rings. The van der Waals surface area contributed by atoms with Crippen molar-refractivity contribution in [2.45, 2.75) is 26.2 Å². The number of aryl methyl sites for hydroxylation is 1. The lowest BCUT2D eigenvalue weighted by Crippen LogP contribution is -2.32. The van der Waals surface area contributed by atoms with Crippen molar-refractivity contribution in [2.24, 2.45) is 5.41 Å². The quantitative estimate of drug-likeness (QED) is 0.771. The molecule has 1 aliphatic heterocycles.